The van der Waals surface area contributed by atoms with E-state index in [-0.39, 0.29) is 11.5 Å². The molecule has 6 nitrogen and oxygen atoms in total. The van der Waals surface area contributed by atoms with Crippen molar-refractivity contribution >= 4 is 11.9 Å². The molecule has 0 heterocycles. The molecule has 0 spiro atoms. The zero-order valence-electron chi connectivity index (χ0n) is 13.5. The highest BCUT2D eigenvalue weighted by atomic mass is 16.5. The second kappa shape index (κ2) is 6.47. The van der Waals surface area contributed by atoms with Gasteiger partial charge in [-0.15, -0.1) is 0 Å². The SMILES string of the molecule is COC(=O)C1[C@H](c2ccc(O)cc2)C(C(=O)O)[C@H]1c1ccc(O)cc1. The standard InChI is InChI=1S/C19H18O6/c1-25-19(24)17-14(10-2-6-12(20)7-3-10)16(18(22)23)15(17)11-4-8-13(21)9-5-11/h2-9,14-17,20-21H,1H3,(H,22,23)/t14-,15-,16?,17?/m1/s1. The third kappa shape index (κ3) is 2.91. The molecule has 3 rings (SSSR count). The van der Waals surface area contributed by atoms with Crippen LogP contribution in [0.15, 0.2) is 48.5 Å². The van der Waals surface area contributed by atoms with Gasteiger partial charge in [0.2, 0.25) is 0 Å². The minimum Gasteiger partial charge on any atom is -0.508 e. The van der Waals surface area contributed by atoms with Crippen LogP contribution >= 0.6 is 0 Å². The van der Waals surface area contributed by atoms with E-state index in [2.05, 4.69) is 0 Å². The fraction of sp³-hybridized carbons (Fsp3) is 0.263. The first-order chi connectivity index (χ1) is 11.9. The summed E-state index contributed by atoms with van der Waals surface area (Å²) in [5.41, 5.74) is 1.33. The lowest BCUT2D eigenvalue weighted by Gasteiger charge is -2.48. The van der Waals surface area contributed by atoms with Crippen molar-refractivity contribution in [2.45, 2.75) is 11.8 Å². The van der Waals surface area contributed by atoms with Crippen LogP contribution in [0.25, 0.3) is 0 Å². The lowest BCUT2D eigenvalue weighted by Crippen LogP contribution is -2.51. The van der Waals surface area contributed by atoms with Crippen LogP contribution in [0.2, 0.25) is 0 Å². The number of ether oxygens (including phenoxy) is 1. The molecule has 3 N–H and O–H groups in total. The summed E-state index contributed by atoms with van der Waals surface area (Å²) in [5, 5.41) is 28.6. The normalized spacial score (nSPS) is 25.0. The number of phenols is 2. The number of carboxylic acid groups (broad SMARTS) is 1. The van der Waals surface area contributed by atoms with Gasteiger partial charge in [0.05, 0.1) is 18.9 Å². The Balaban J connectivity index is 2.04. The molecule has 25 heavy (non-hydrogen) atoms. The van der Waals surface area contributed by atoms with E-state index in [4.69, 9.17) is 4.74 Å². The number of benzene rings is 2. The molecule has 6 heteroatoms. The molecule has 0 unspecified atom stereocenters. The fourth-order valence-corrected chi connectivity index (χ4v) is 3.71. The summed E-state index contributed by atoms with van der Waals surface area (Å²) in [7, 11) is 1.28. The van der Waals surface area contributed by atoms with Crippen LogP contribution in [-0.4, -0.2) is 34.4 Å². The van der Waals surface area contributed by atoms with Crippen LogP contribution in [0.1, 0.15) is 23.0 Å². The summed E-state index contributed by atoms with van der Waals surface area (Å²) in [6, 6.07) is 12.4. The molecule has 0 saturated heterocycles. The van der Waals surface area contributed by atoms with E-state index in [0.717, 1.165) is 0 Å². The van der Waals surface area contributed by atoms with Crippen molar-refractivity contribution < 1.29 is 29.6 Å². The van der Waals surface area contributed by atoms with Crippen molar-refractivity contribution in [2.24, 2.45) is 11.8 Å². The predicted octanol–water partition coefficient (Wildman–Crippen LogP) is 2.47. The molecule has 2 aromatic rings. The van der Waals surface area contributed by atoms with E-state index in [1.807, 2.05) is 0 Å². The lowest BCUT2D eigenvalue weighted by atomic mass is 9.52. The molecule has 0 radical (unpaired) electrons. The maximum Gasteiger partial charge on any atom is 0.309 e. The van der Waals surface area contributed by atoms with Crippen molar-refractivity contribution in [1.29, 1.82) is 0 Å². The largest absolute Gasteiger partial charge is 0.508 e. The molecule has 2 atom stereocenters. The molecule has 0 bridgehead atoms. The number of esters is 1. The molecular weight excluding hydrogens is 324 g/mol. The van der Waals surface area contributed by atoms with E-state index in [1.54, 1.807) is 24.3 Å². The Bertz CT molecular complexity index is 727. The molecule has 0 aliphatic heterocycles. The van der Waals surface area contributed by atoms with Crippen LogP contribution < -0.4 is 0 Å². The number of carboxylic acids is 1. The quantitative estimate of drug-likeness (QED) is 0.738. The molecule has 1 aliphatic carbocycles. The second-order valence-electron chi connectivity index (χ2n) is 6.15. The first-order valence-electron chi connectivity index (χ1n) is 7.82. The second-order valence-corrected chi connectivity index (χ2v) is 6.15. The molecule has 1 saturated carbocycles. The number of phenolic OH excluding ortho intramolecular Hbond substituents is 2. The minimum absolute atomic E-state index is 0.0691. The van der Waals surface area contributed by atoms with Gasteiger partial charge in [-0.05, 0) is 35.4 Å². The monoisotopic (exact) mass is 342 g/mol. The predicted molar refractivity (Wildman–Crippen MR) is 88.3 cm³/mol. The van der Waals surface area contributed by atoms with E-state index in [0.29, 0.717) is 11.1 Å². The van der Waals surface area contributed by atoms with Crippen molar-refractivity contribution in [3.8, 4) is 11.5 Å². The summed E-state index contributed by atoms with van der Waals surface area (Å²) < 4.78 is 4.90. The van der Waals surface area contributed by atoms with Gasteiger partial charge in [0.1, 0.15) is 11.5 Å². The fourth-order valence-electron chi connectivity index (χ4n) is 3.71. The van der Waals surface area contributed by atoms with Gasteiger partial charge in [-0.25, -0.2) is 0 Å². The molecule has 0 aromatic heterocycles. The Labute approximate surface area is 144 Å². The van der Waals surface area contributed by atoms with Gasteiger partial charge in [-0.2, -0.15) is 0 Å². The third-order valence-electron chi connectivity index (χ3n) is 4.86. The topological polar surface area (TPSA) is 104 Å². The molecule has 1 fully saturated rings. The highest BCUT2D eigenvalue weighted by Gasteiger charge is 2.58. The Morgan fingerprint density at radius 2 is 1.20 bits per heavy atom. The number of carbonyl (C=O) groups excluding carboxylic acids is 1. The zero-order valence-corrected chi connectivity index (χ0v) is 13.5. The van der Waals surface area contributed by atoms with Crippen molar-refractivity contribution in [3.05, 3.63) is 59.7 Å². The number of carbonyl (C=O) groups is 2. The molecule has 130 valence electrons. The summed E-state index contributed by atoms with van der Waals surface area (Å²) >= 11 is 0. The maximum atomic E-state index is 12.3. The summed E-state index contributed by atoms with van der Waals surface area (Å²) in [5.74, 6) is -3.91. The maximum absolute atomic E-state index is 12.3. The van der Waals surface area contributed by atoms with Gasteiger partial charge in [0.25, 0.3) is 0 Å². The number of aromatic hydroxyl groups is 2. The van der Waals surface area contributed by atoms with Gasteiger partial charge < -0.3 is 20.1 Å². The van der Waals surface area contributed by atoms with Crippen molar-refractivity contribution in [1.82, 2.24) is 0 Å². The molecule has 1 aliphatic rings. The zero-order chi connectivity index (χ0) is 18.1. The summed E-state index contributed by atoms with van der Waals surface area (Å²) in [6.07, 6.45) is 0. The van der Waals surface area contributed by atoms with Crippen molar-refractivity contribution in [3.63, 3.8) is 0 Å². The third-order valence-corrected chi connectivity index (χ3v) is 4.86. The molecular formula is C19H18O6. The first-order valence-corrected chi connectivity index (χ1v) is 7.82. The summed E-state index contributed by atoms with van der Waals surface area (Å²) in [6.45, 7) is 0. The van der Waals surface area contributed by atoms with Gasteiger partial charge in [-0.3, -0.25) is 9.59 Å². The molecule has 2 aromatic carbocycles. The van der Waals surface area contributed by atoms with Crippen molar-refractivity contribution in [2.75, 3.05) is 7.11 Å². The van der Waals surface area contributed by atoms with Gasteiger partial charge in [-0.1, -0.05) is 24.3 Å². The average molecular weight is 342 g/mol. The van der Waals surface area contributed by atoms with Gasteiger partial charge >= 0.3 is 11.9 Å². The highest BCUT2D eigenvalue weighted by molar-refractivity contribution is 5.84. The number of methoxy groups -OCH3 is 1. The number of aliphatic carboxylic acids is 1. The van der Waals surface area contributed by atoms with E-state index in [1.165, 1.54) is 31.4 Å². The van der Waals surface area contributed by atoms with Crippen LogP contribution in [0.5, 0.6) is 11.5 Å². The first kappa shape index (κ1) is 16.8. The van der Waals surface area contributed by atoms with E-state index in [9.17, 15) is 24.9 Å². The average Bonchev–Trinajstić information content (AvgIpc) is 2.57. The summed E-state index contributed by atoms with van der Waals surface area (Å²) in [4.78, 5) is 24.2. The lowest BCUT2D eigenvalue weighted by molar-refractivity contribution is -0.162. The van der Waals surface area contributed by atoms with Crippen LogP contribution in [0.3, 0.4) is 0 Å². The number of rotatable bonds is 4. The van der Waals surface area contributed by atoms with Crippen LogP contribution in [-0.2, 0) is 14.3 Å². The van der Waals surface area contributed by atoms with Gasteiger partial charge in [0, 0.05) is 11.8 Å². The van der Waals surface area contributed by atoms with E-state index >= 15 is 0 Å². The van der Waals surface area contributed by atoms with Crippen LogP contribution in [0, 0.1) is 11.8 Å². The minimum atomic E-state index is -1.00. The highest BCUT2D eigenvalue weighted by Crippen LogP contribution is 2.58. The number of hydrogen-bond donors (Lipinski definition) is 3. The van der Waals surface area contributed by atoms with Gasteiger partial charge in [0.15, 0.2) is 0 Å². The Morgan fingerprint density at radius 3 is 1.52 bits per heavy atom. The van der Waals surface area contributed by atoms with Crippen LogP contribution in [0.4, 0.5) is 0 Å². The Hall–Kier alpha value is -3.02. The number of hydrogen-bond acceptors (Lipinski definition) is 5. The molecule has 0 amide bonds. The Kier molecular flexibility index (Phi) is 4.35. The smallest absolute Gasteiger partial charge is 0.309 e. The Morgan fingerprint density at radius 1 is 0.800 bits per heavy atom. The van der Waals surface area contributed by atoms with E-state index < -0.39 is 35.6 Å².